The minimum atomic E-state index is -0.225. The van der Waals surface area contributed by atoms with Crippen LogP contribution in [0.1, 0.15) is 51.4 Å². The van der Waals surface area contributed by atoms with Crippen LogP contribution < -0.4 is 5.32 Å². The smallest absolute Gasteiger partial charge is 0.171 e. The zero-order chi connectivity index (χ0) is 13.4. The summed E-state index contributed by atoms with van der Waals surface area (Å²) in [5.74, 6) is 0.375. The highest BCUT2D eigenvalue weighted by Crippen LogP contribution is 2.41. The Morgan fingerprint density at radius 1 is 1.16 bits per heavy atom. The molecular formula is C16H29NO2. The molecule has 0 amide bonds. The van der Waals surface area contributed by atoms with Crippen LogP contribution >= 0.6 is 0 Å². The first kappa shape index (κ1) is 15.0. The predicted molar refractivity (Wildman–Crippen MR) is 78.1 cm³/mol. The van der Waals surface area contributed by atoms with Crippen molar-refractivity contribution in [2.75, 3.05) is 26.3 Å². The second-order valence-corrected chi connectivity index (χ2v) is 5.77. The van der Waals surface area contributed by atoms with Gasteiger partial charge in [0.15, 0.2) is 5.79 Å². The van der Waals surface area contributed by atoms with Crippen LogP contribution in [-0.4, -0.2) is 32.1 Å². The molecule has 3 nitrogen and oxygen atoms in total. The van der Waals surface area contributed by atoms with Crippen molar-refractivity contribution in [3.63, 3.8) is 0 Å². The van der Waals surface area contributed by atoms with Crippen LogP contribution in [0.3, 0.4) is 0 Å². The summed E-state index contributed by atoms with van der Waals surface area (Å²) in [6.07, 6.45) is 11.5. The highest BCUT2D eigenvalue weighted by atomic mass is 16.7. The van der Waals surface area contributed by atoms with Crippen LogP contribution in [0.25, 0.3) is 0 Å². The molecule has 1 aliphatic heterocycles. The first-order valence-electron chi connectivity index (χ1n) is 7.97. The van der Waals surface area contributed by atoms with Crippen LogP contribution in [0.4, 0.5) is 0 Å². The number of rotatable bonds is 7. The van der Waals surface area contributed by atoms with E-state index in [-0.39, 0.29) is 5.79 Å². The van der Waals surface area contributed by atoms with Crippen LogP contribution in [0.15, 0.2) is 12.7 Å². The Morgan fingerprint density at radius 2 is 2.00 bits per heavy atom. The van der Waals surface area contributed by atoms with Crippen molar-refractivity contribution in [2.24, 2.45) is 5.92 Å². The third-order valence-corrected chi connectivity index (χ3v) is 4.36. The highest BCUT2D eigenvalue weighted by Gasteiger charge is 2.43. The van der Waals surface area contributed by atoms with Crippen molar-refractivity contribution >= 4 is 0 Å². The maximum Gasteiger partial charge on any atom is 0.171 e. The fourth-order valence-corrected chi connectivity index (χ4v) is 3.32. The van der Waals surface area contributed by atoms with Gasteiger partial charge in [0.05, 0.1) is 13.2 Å². The first-order chi connectivity index (χ1) is 9.37. The summed E-state index contributed by atoms with van der Waals surface area (Å²) in [5, 5.41) is 3.46. The molecule has 1 atom stereocenters. The van der Waals surface area contributed by atoms with E-state index in [0.717, 1.165) is 45.6 Å². The van der Waals surface area contributed by atoms with Gasteiger partial charge in [-0.2, -0.15) is 0 Å². The molecular weight excluding hydrogens is 238 g/mol. The summed E-state index contributed by atoms with van der Waals surface area (Å²) in [6, 6.07) is 0. The van der Waals surface area contributed by atoms with E-state index in [1.54, 1.807) is 0 Å². The van der Waals surface area contributed by atoms with Gasteiger partial charge in [-0.05, 0) is 51.6 Å². The lowest BCUT2D eigenvalue weighted by Gasteiger charge is -2.46. The molecule has 1 N–H and O–H groups in total. The first-order valence-corrected chi connectivity index (χ1v) is 7.97. The van der Waals surface area contributed by atoms with Gasteiger partial charge in [-0.1, -0.05) is 12.5 Å². The fourth-order valence-electron chi connectivity index (χ4n) is 3.32. The number of hydrogen-bond acceptors (Lipinski definition) is 3. The monoisotopic (exact) mass is 267 g/mol. The molecule has 0 aromatic carbocycles. The Kier molecular flexibility index (Phi) is 6.35. The van der Waals surface area contributed by atoms with Crippen LogP contribution in [0, 0.1) is 5.92 Å². The molecule has 3 heteroatoms. The molecule has 1 aliphatic carbocycles. The Labute approximate surface area is 117 Å². The predicted octanol–water partition coefficient (Wildman–Crippen LogP) is 3.26. The summed E-state index contributed by atoms with van der Waals surface area (Å²) >= 11 is 0. The topological polar surface area (TPSA) is 30.5 Å². The summed E-state index contributed by atoms with van der Waals surface area (Å²) in [6.45, 7) is 7.65. The van der Waals surface area contributed by atoms with Crippen molar-refractivity contribution in [1.82, 2.24) is 5.32 Å². The van der Waals surface area contributed by atoms with Crippen LogP contribution in [0.5, 0.6) is 0 Å². The molecule has 1 heterocycles. The van der Waals surface area contributed by atoms with Crippen molar-refractivity contribution in [3.8, 4) is 0 Å². The van der Waals surface area contributed by atoms with Crippen molar-refractivity contribution in [3.05, 3.63) is 12.7 Å². The van der Waals surface area contributed by atoms with Gasteiger partial charge in [-0.15, -0.1) is 6.58 Å². The van der Waals surface area contributed by atoms with E-state index in [2.05, 4.69) is 11.9 Å². The summed E-state index contributed by atoms with van der Waals surface area (Å²) < 4.78 is 12.1. The molecule has 1 spiro atoms. The molecule has 0 aromatic heterocycles. The van der Waals surface area contributed by atoms with Gasteiger partial charge in [0.25, 0.3) is 0 Å². The lowest BCUT2D eigenvalue weighted by molar-refractivity contribution is -0.306. The molecule has 0 aromatic rings. The lowest BCUT2D eigenvalue weighted by atomic mass is 9.80. The third-order valence-electron chi connectivity index (χ3n) is 4.36. The molecule has 2 aliphatic rings. The van der Waals surface area contributed by atoms with E-state index in [1.807, 2.05) is 6.08 Å². The molecule has 2 rings (SSSR count). The van der Waals surface area contributed by atoms with E-state index in [0.29, 0.717) is 5.92 Å². The summed E-state index contributed by atoms with van der Waals surface area (Å²) in [7, 11) is 0. The normalized spacial score (nSPS) is 26.4. The molecule has 0 radical (unpaired) electrons. The molecule has 1 unspecified atom stereocenters. The second kappa shape index (κ2) is 8.03. The van der Waals surface area contributed by atoms with Gasteiger partial charge in [-0.3, -0.25) is 0 Å². The van der Waals surface area contributed by atoms with Crippen molar-refractivity contribution in [1.29, 1.82) is 0 Å². The molecule has 1 saturated heterocycles. The fraction of sp³-hybridized carbons (Fsp3) is 0.875. The van der Waals surface area contributed by atoms with Gasteiger partial charge in [-0.25, -0.2) is 0 Å². The van der Waals surface area contributed by atoms with Gasteiger partial charge in [0.1, 0.15) is 0 Å². The second-order valence-electron chi connectivity index (χ2n) is 5.77. The van der Waals surface area contributed by atoms with E-state index in [9.17, 15) is 0 Å². The average Bonchev–Trinajstić information content (AvgIpc) is 2.45. The molecule has 110 valence electrons. The SMILES string of the molecule is C=CCCNCCCC1CCCCC12OCCCO2. The summed E-state index contributed by atoms with van der Waals surface area (Å²) in [4.78, 5) is 0. The van der Waals surface area contributed by atoms with E-state index >= 15 is 0 Å². The molecule has 1 saturated carbocycles. The Balaban J connectivity index is 1.71. The zero-order valence-electron chi connectivity index (χ0n) is 12.2. The van der Waals surface area contributed by atoms with E-state index in [4.69, 9.17) is 9.47 Å². The lowest BCUT2D eigenvalue weighted by Crippen LogP contribution is -2.49. The standard InChI is InChI=1S/C16H29NO2/c1-2-3-11-17-12-6-9-15-8-4-5-10-16(15)18-13-7-14-19-16/h2,15,17H,1,3-14H2. The molecule has 0 bridgehead atoms. The number of nitrogens with one attached hydrogen (secondary N) is 1. The zero-order valence-corrected chi connectivity index (χ0v) is 12.2. The van der Waals surface area contributed by atoms with Gasteiger partial charge in [0.2, 0.25) is 0 Å². The maximum absolute atomic E-state index is 6.06. The Bertz CT molecular complexity index is 253. The highest BCUT2D eigenvalue weighted by molar-refractivity contribution is 4.86. The largest absolute Gasteiger partial charge is 0.350 e. The maximum atomic E-state index is 6.06. The summed E-state index contributed by atoms with van der Waals surface area (Å²) in [5.41, 5.74) is 0. The van der Waals surface area contributed by atoms with Crippen molar-refractivity contribution < 1.29 is 9.47 Å². The third kappa shape index (κ3) is 4.30. The molecule has 2 fully saturated rings. The van der Waals surface area contributed by atoms with Crippen LogP contribution in [0.2, 0.25) is 0 Å². The minimum Gasteiger partial charge on any atom is -0.350 e. The minimum absolute atomic E-state index is 0.225. The molecule has 19 heavy (non-hydrogen) atoms. The van der Waals surface area contributed by atoms with Crippen molar-refractivity contribution in [2.45, 2.75) is 57.2 Å². The quantitative estimate of drug-likeness (QED) is 0.567. The Hall–Kier alpha value is -0.380. The van der Waals surface area contributed by atoms with E-state index in [1.165, 1.54) is 32.1 Å². The average molecular weight is 267 g/mol. The van der Waals surface area contributed by atoms with E-state index < -0.39 is 0 Å². The van der Waals surface area contributed by atoms with Gasteiger partial charge in [0, 0.05) is 12.3 Å². The number of ether oxygens (including phenoxy) is 2. The Morgan fingerprint density at radius 3 is 2.79 bits per heavy atom. The number of hydrogen-bond donors (Lipinski definition) is 1. The van der Waals surface area contributed by atoms with Gasteiger partial charge < -0.3 is 14.8 Å². The van der Waals surface area contributed by atoms with Gasteiger partial charge >= 0.3 is 0 Å². The van der Waals surface area contributed by atoms with Crippen LogP contribution in [-0.2, 0) is 9.47 Å².